The minimum atomic E-state index is -3.11. The fourth-order valence-corrected chi connectivity index (χ4v) is 4.37. The first-order valence-electron chi connectivity index (χ1n) is 5.91. The highest BCUT2D eigenvalue weighted by atomic mass is 32.2. The summed E-state index contributed by atoms with van der Waals surface area (Å²) in [5.41, 5.74) is 0. The van der Waals surface area contributed by atoms with Crippen LogP contribution in [-0.4, -0.2) is 59.8 Å². The molecular formula is C9H15N5O3S3. The Labute approximate surface area is 125 Å². The Hall–Kier alpha value is -0.910. The monoisotopic (exact) mass is 337 g/mol. The van der Waals surface area contributed by atoms with Crippen LogP contribution in [0.4, 0.5) is 9.93 Å². The van der Waals surface area contributed by atoms with Crippen LogP contribution in [0.25, 0.3) is 0 Å². The van der Waals surface area contributed by atoms with E-state index < -0.39 is 16.1 Å². The van der Waals surface area contributed by atoms with Crippen molar-refractivity contribution in [2.24, 2.45) is 0 Å². The first-order valence-corrected chi connectivity index (χ1v) is 9.52. The summed E-state index contributed by atoms with van der Waals surface area (Å²) in [6.45, 7) is 1.08. The van der Waals surface area contributed by atoms with Gasteiger partial charge in [0.25, 0.3) is 0 Å². The summed E-state index contributed by atoms with van der Waals surface area (Å²) in [6, 6.07) is -0.412. The number of thioether (sulfide) groups is 1. The number of rotatable bonds is 5. The first kappa shape index (κ1) is 15.5. The smallest absolute Gasteiger partial charge is 0.321 e. The molecule has 2 heterocycles. The highest BCUT2D eigenvalue weighted by Crippen LogP contribution is 2.17. The number of hydrogen-bond acceptors (Lipinski definition) is 7. The fourth-order valence-electron chi connectivity index (χ4n) is 1.72. The van der Waals surface area contributed by atoms with E-state index in [2.05, 4.69) is 20.0 Å². The molecule has 0 radical (unpaired) electrons. The van der Waals surface area contributed by atoms with Crippen molar-refractivity contribution in [3.05, 3.63) is 0 Å². The van der Waals surface area contributed by atoms with Crippen molar-refractivity contribution in [3.63, 3.8) is 0 Å². The molecule has 0 bridgehead atoms. The molecule has 2 N–H and O–H groups in total. The molecule has 2 amide bonds. The normalized spacial score (nSPS) is 18.1. The van der Waals surface area contributed by atoms with Crippen molar-refractivity contribution in [2.75, 3.05) is 37.0 Å². The number of anilines is 1. The maximum Gasteiger partial charge on any atom is 0.321 e. The number of aromatic nitrogens is 2. The summed E-state index contributed by atoms with van der Waals surface area (Å²) in [6.07, 6.45) is 2.50. The Morgan fingerprint density at radius 1 is 1.55 bits per heavy atom. The van der Waals surface area contributed by atoms with Crippen molar-refractivity contribution >= 4 is 44.5 Å². The minimum absolute atomic E-state index is 0.196. The minimum Gasteiger partial charge on any atom is -0.336 e. The molecule has 0 aliphatic carbocycles. The summed E-state index contributed by atoms with van der Waals surface area (Å²) in [5, 5.41) is 6.18. The number of nitrogens with zero attached hydrogens (tertiary/aromatic N) is 3. The SMILES string of the molecule is CSc1nsc(NC(=O)NCCN2CCCS2(=O)=O)n1. The van der Waals surface area contributed by atoms with E-state index in [1.807, 2.05) is 6.26 Å². The number of hydrogen-bond donors (Lipinski definition) is 2. The van der Waals surface area contributed by atoms with Gasteiger partial charge in [-0.25, -0.2) is 17.5 Å². The van der Waals surface area contributed by atoms with E-state index in [1.165, 1.54) is 16.1 Å². The van der Waals surface area contributed by atoms with Gasteiger partial charge in [-0.15, -0.1) is 0 Å². The second kappa shape index (κ2) is 6.70. The highest BCUT2D eigenvalue weighted by molar-refractivity contribution is 7.98. The van der Waals surface area contributed by atoms with Crippen molar-refractivity contribution in [1.82, 2.24) is 19.0 Å². The zero-order valence-corrected chi connectivity index (χ0v) is 13.3. The first-order chi connectivity index (χ1) is 9.51. The maximum absolute atomic E-state index is 11.6. The van der Waals surface area contributed by atoms with Gasteiger partial charge >= 0.3 is 6.03 Å². The summed E-state index contributed by atoms with van der Waals surface area (Å²) in [5.74, 6) is 0.196. The predicted octanol–water partition coefficient (Wildman–Crippen LogP) is 0.417. The van der Waals surface area contributed by atoms with Crippen molar-refractivity contribution in [1.29, 1.82) is 0 Å². The van der Waals surface area contributed by atoms with Crippen LogP contribution >= 0.6 is 23.3 Å². The fraction of sp³-hybridized carbons (Fsp3) is 0.667. The summed E-state index contributed by atoms with van der Waals surface area (Å²) < 4.78 is 28.5. The molecule has 1 aromatic rings. The van der Waals surface area contributed by atoms with Crippen LogP contribution in [0.5, 0.6) is 0 Å². The number of sulfonamides is 1. The topological polar surface area (TPSA) is 104 Å². The molecule has 0 saturated carbocycles. The lowest BCUT2D eigenvalue weighted by atomic mass is 10.5. The zero-order valence-electron chi connectivity index (χ0n) is 10.8. The van der Waals surface area contributed by atoms with Crippen LogP contribution in [0.2, 0.25) is 0 Å². The lowest BCUT2D eigenvalue weighted by molar-refractivity contribution is 0.251. The summed E-state index contributed by atoms with van der Waals surface area (Å²) >= 11 is 2.50. The molecule has 1 saturated heterocycles. The lowest BCUT2D eigenvalue weighted by Crippen LogP contribution is -2.37. The molecular weight excluding hydrogens is 322 g/mol. The van der Waals surface area contributed by atoms with Gasteiger partial charge in [0, 0.05) is 31.2 Å². The van der Waals surface area contributed by atoms with E-state index in [4.69, 9.17) is 0 Å². The van der Waals surface area contributed by atoms with Crippen LogP contribution in [0.15, 0.2) is 5.16 Å². The second-order valence-electron chi connectivity index (χ2n) is 4.04. The molecule has 1 aliphatic rings. The molecule has 112 valence electrons. The Balaban J connectivity index is 1.73. The predicted molar refractivity (Wildman–Crippen MR) is 78.7 cm³/mol. The second-order valence-corrected chi connectivity index (χ2v) is 7.65. The molecule has 1 aromatic heterocycles. The summed E-state index contributed by atoms with van der Waals surface area (Å²) in [7, 11) is -3.11. The molecule has 1 fully saturated rings. The van der Waals surface area contributed by atoms with Crippen molar-refractivity contribution in [2.45, 2.75) is 11.6 Å². The van der Waals surface area contributed by atoms with Crippen LogP contribution in [0.1, 0.15) is 6.42 Å². The van der Waals surface area contributed by atoms with Crippen LogP contribution in [-0.2, 0) is 10.0 Å². The van der Waals surface area contributed by atoms with Gasteiger partial charge in [0.1, 0.15) is 0 Å². The maximum atomic E-state index is 11.6. The van der Waals surface area contributed by atoms with E-state index in [0.717, 1.165) is 11.5 Å². The van der Waals surface area contributed by atoms with Gasteiger partial charge in [0.05, 0.1) is 5.75 Å². The van der Waals surface area contributed by atoms with E-state index in [9.17, 15) is 13.2 Å². The van der Waals surface area contributed by atoms with Gasteiger partial charge in [-0.2, -0.15) is 9.36 Å². The van der Waals surface area contributed by atoms with Gasteiger partial charge in [-0.1, -0.05) is 11.8 Å². The lowest BCUT2D eigenvalue weighted by Gasteiger charge is -2.14. The average molecular weight is 337 g/mol. The molecule has 1 aliphatic heterocycles. The molecule has 11 heteroatoms. The molecule has 2 rings (SSSR count). The molecule has 0 unspecified atom stereocenters. The molecule has 0 aromatic carbocycles. The summed E-state index contributed by atoms with van der Waals surface area (Å²) in [4.78, 5) is 15.7. The molecule has 20 heavy (non-hydrogen) atoms. The van der Waals surface area contributed by atoms with E-state index in [-0.39, 0.29) is 12.3 Å². The molecule has 8 nitrogen and oxygen atoms in total. The zero-order chi connectivity index (χ0) is 14.6. The number of carbonyl (C=O) groups is 1. The third kappa shape index (κ3) is 4.04. The standard InChI is InChI=1S/C9H15N5O3S3/c1-18-9-12-8(19-13-9)11-7(15)10-3-5-14-4-2-6-20(14,16)17/h2-6H2,1H3,(H2,10,11,12,13,15). The molecule has 0 atom stereocenters. The number of urea groups is 1. The van der Waals surface area contributed by atoms with Gasteiger partial charge in [0.15, 0.2) is 0 Å². The van der Waals surface area contributed by atoms with Gasteiger partial charge < -0.3 is 5.32 Å². The van der Waals surface area contributed by atoms with Crippen LogP contribution < -0.4 is 10.6 Å². The van der Waals surface area contributed by atoms with E-state index in [1.54, 1.807) is 0 Å². The van der Waals surface area contributed by atoms with Crippen LogP contribution in [0.3, 0.4) is 0 Å². The number of nitrogens with one attached hydrogen (secondary N) is 2. The highest BCUT2D eigenvalue weighted by Gasteiger charge is 2.27. The largest absolute Gasteiger partial charge is 0.336 e. The van der Waals surface area contributed by atoms with Crippen molar-refractivity contribution in [3.8, 4) is 0 Å². The van der Waals surface area contributed by atoms with E-state index in [0.29, 0.717) is 29.8 Å². The van der Waals surface area contributed by atoms with Gasteiger partial charge in [-0.3, -0.25) is 5.32 Å². The van der Waals surface area contributed by atoms with Gasteiger partial charge in [0.2, 0.25) is 20.3 Å². The number of carbonyl (C=O) groups excluding carboxylic acids is 1. The quantitative estimate of drug-likeness (QED) is 0.755. The van der Waals surface area contributed by atoms with E-state index >= 15 is 0 Å². The molecule has 0 spiro atoms. The average Bonchev–Trinajstić information content (AvgIpc) is 2.96. The van der Waals surface area contributed by atoms with Crippen molar-refractivity contribution < 1.29 is 13.2 Å². The Bertz CT molecular complexity index is 573. The third-order valence-electron chi connectivity index (χ3n) is 2.66. The Morgan fingerprint density at radius 2 is 2.35 bits per heavy atom. The number of amides is 2. The third-order valence-corrected chi connectivity index (χ3v) is 5.91. The Morgan fingerprint density at radius 3 is 2.95 bits per heavy atom. The van der Waals surface area contributed by atoms with Gasteiger partial charge in [-0.05, 0) is 12.7 Å². The van der Waals surface area contributed by atoms with Crippen LogP contribution in [0, 0.1) is 0 Å². The Kier molecular flexibility index (Phi) is 5.18.